The molecule has 2 rings (SSSR count). The van der Waals surface area contributed by atoms with Gasteiger partial charge in [0.25, 0.3) is 0 Å². The minimum absolute atomic E-state index is 0.122. The molecule has 0 bridgehead atoms. The van der Waals surface area contributed by atoms with Crippen LogP contribution in [-0.4, -0.2) is 18.5 Å². The van der Waals surface area contributed by atoms with E-state index < -0.39 is 5.54 Å². The highest BCUT2D eigenvalue weighted by Crippen LogP contribution is 2.35. The monoisotopic (exact) mass is 208 g/mol. The maximum atomic E-state index is 13.0. The lowest BCUT2D eigenvalue weighted by Gasteiger charge is -2.41. The molecule has 0 fully saturated rings. The Morgan fingerprint density at radius 1 is 1.40 bits per heavy atom. The Kier molecular flexibility index (Phi) is 1.96. The van der Waals surface area contributed by atoms with Crippen molar-refractivity contribution in [1.82, 2.24) is 0 Å². The largest absolute Gasteiger partial charge is 0.359 e. The van der Waals surface area contributed by atoms with Crippen molar-refractivity contribution in [1.29, 1.82) is 0 Å². The molecule has 0 atom stereocenters. The number of carbonyl (C=O) groups is 1. The van der Waals surface area contributed by atoms with Crippen molar-refractivity contribution in [2.45, 2.75) is 19.4 Å². The standard InChI is InChI=1S/C11H13FN2O/c1-11(2)10(15)13-8-6-7(12)4-5-9(8)14(11)3/h4-6H,1-3H3,(H,13,15). The third kappa shape index (κ3) is 1.37. The van der Waals surface area contributed by atoms with Gasteiger partial charge >= 0.3 is 0 Å². The SMILES string of the molecule is CN1c2ccc(F)cc2NC(=O)C1(C)C. The molecule has 0 aliphatic carbocycles. The molecule has 0 spiro atoms. The summed E-state index contributed by atoms with van der Waals surface area (Å²) in [5, 5.41) is 2.70. The van der Waals surface area contributed by atoms with E-state index in [-0.39, 0.29) is 11.7 Å². The molecule has 15 heavy (non-hydrogen) atoms. The molecular formula is C11H13FN2O. The number of carbonyl (C=O) groups excluding carboxylic acids is 1. The summed E-state index contributed by atoms with van der Waals surface area (Å²) in [5.41, 5.74) is 0.757. The van der Waals surface area contributed by atoms with Crippen LogP contribution in [0.5, 0.6) is 0 Å². The molecule has 1 aromatic carbocycles. The summed E-state index contributed by atoms with van der Waals surface area (Å²) >= 11 is 0. The van der Waals surface area contributed by atoms with E-state index in [0.29, 0.717) is 5.69 Å². The molecule has 0 saturated heterocycles. The van der Waals surface area contributed by atoms with Gasteiger partial charge in [-0.1, -0.05) is 0 Å². The van der Waals surface area contributed by atoms with Gasteiger partial charge in [0, 0.05) is 7.05 Å². The zero-order valence-corrected chi connectivity index (χ0v) is 8.97. The molecule has 4 heteroatoms. The van der Waals surface area contributed by atoms with Gasteiger partial charge in [-0.25, -0.2) is 4.39 Å². The summed E-state index contributed by atoms with van der Waals surface area (Å²) in [6.07, 6.45) is 0. The molecule has 1 aromatic rings. The molecule has 3 nitrogen and oxygen atoms in total. The number of rotatable bonds is 0. The summed E-state index contributed by atoms with van der Waals surface area (Å²) in [4.78, 5) is 13.6. The second kappa shape index (κ2) is 2.95. The van der Waals surface area contributed by atoms with Crippen LogP contribution in [0.15, 0.2) is 18.2 Å². The zero-order valence-electron chi connectivity index (χ0n) is 8.97. The highest BCUT2D eigenvalue weighted by atomic mass is 19.1. The zero-order chi connectivity index (χ0) is 11.2. The Labute approximate surface area is 87.9 Å². The number of fused-ring (bicyclic) bond motifs is 1. The molecule has 0 saturated carbocycles. The van der Waals surface area contributed by atoms with E-state index in [4.69, 9.17) is 0 Å². The molecule has 1 N–H and O–H groups in total. The Hall–Kier alpha value is -1.58. The Balaban J connectivity index is 2.55. The second-order valence-electron chi connectivity index (χ2n) is 4.23. The highest BCUT2D eigenvalue weighted by Gasteiger charge is 2.37. The van der Waals surface area contributed by atoms with Gasteiger partial charge in [-0.05, 0) is 32.0 Å². The van der Waals surface area contributed by atoms with Gasteiger partial charge in [0.05, 0.1) is 11.4 Å². The number of nitrogens with one attached hydrogen (secondary N) is 1. The van der Waals surface area contributed by atoms with Gasteiger partial charge in [-0.2, -0.15) is 0 Å². The molecule has 0 aromatic heterocycles. The van der Waals surface area contributed by atoms with Crippen LogP contribution in [-0.2, 0) is 4.79 Å². The third-order valence-corrected chi connectivity index (χ3v) is 2.96. The number of amides is 1. The van der Waals surface area contributed by atoms with Crippen molar-refractivity contribution >= 4 is 17.3 Å². The van der Waals surface area contributed by atoms with E-state index in [9.17, 15) is 9.18 Å². The highest BCUT2D eigenvalue weighted by molar-refractivity contribution is 6.05. The van der Waals surface area contributed by atoms with Crippen LogP contribution < -0.4 is 10.2 Å². The van der Waals surface area contributed by atoms with E-state index in [0.717, 1.165) is 5.69 Å². The van der Waals surface area contributed by atoms with Crippen LogP contribution in [0.1, 0.15) is 13.8 Å². The number of hydrogen-bond acceptors (Lipinski definition) is 2. The Morgan fingerprint density at radius 2 is 2.07 bits per heavy atom. The van der Waals surface area contributed by atoms with Gasteiger partial charge in [0.15, 0.2) is 0 Å². The first kappa shape index (κ1) is 9.96. The Bertz CT molecular complexity index is 429. The lowest BCUT2D eigenvalue weighted by atomic mass is 9.97. The van der Waals surface area contributed by atoms with Gasteiger partial charge in [0.2, 0.25) is 5.91 Å². The van der Waals surface area contributed by atoms with Crippen molar-refractivity contribution in [3.8, 4) is 0 Å². The van der Waals surface area contributed by atoms with Gasteiger partial charge in [-0.3, -0.25) is 4.79 Å². The minimum atomic E-state index is -0.606. The second-order valence-corrected chi connectivity index (χ2v) is 4.23. The van der Waals surface area contributed by atoms with E-state index in [1.807, 2.05) is 25.8 Å². The van der Waals surface area contributed by atoms with E-state index in [1.54, 1.807) is 6.07 Å². The fourth-order valence-electron chi connectivity index (χ4n) is 1.63. The van der Waals surface area contributed by atoms with Gasteiger partial charge in [-0.15, -0.1) is 0 Å². The molecule has 0 unspecified atom stereocenters. The van der Waals surface area contributed by atoms with E-state index >= 15 is 0 Å². The lowest BCUT2D eigenvalue weighted by molar-refractivity contribution is -0.120. The van der Waals surface area contributed by atoms with Crippen LogP contribution in [0.25, 0.3) is 0 Å². The van der Waals surface area contributed by atoms with Crippen molar-refractivity contribution in [2.24, 2.45) is 0 Å². The third-order valence-electron chi connectivity index (χ3n) is 2.96. The normalized spacial score (nSPS) is 18.4. The van der Waals surface area contributed by atoms with Crippen molar-refractivity contribution in [3.05, 3.63) is 24.0 Å². The first-order valence-corrected chi connectivity index (χ1v) is 4.78. The fourth-order valence-corrected chi connectivity index (χ4v) is 1.63. The van der Waals surface area contributed by atoms with Crippen molar-refractivity contribution in [3.63, 3.8) is 0 Å². The minimum Gasteiger partial charge on any atom is -0.359 e. The van der Waals surface area contributed by atoms with Crippen LogP contribution in [0.2, 0.25) is 0 Å². The van der Waals surface area contributed by atoms with E-state index in [1.165, 1.54) is 12.1 Å². The number of hydrogen-bond donors (Lipinski definition) is 1. The topological polar surface area (TPSA) is 32.3 Å². The van der Waals surface area contributed by atoms with Crippen LogP contribution in [0.3, 0.4) is 0 Å². The van der Waals surface area contributed by atoms with E-state index in [2.05, 4.69) is 5.32 Å². The molecule has 1 amide bonds. The summed E-state index contributed by atoms with van der Waals surface area (Å²) in [7, 11) is 1.83. The molecule has 0 radical (unpaired) electrons. The summed E-state index contributed by atoms with van der Waals surface area (Å²) < 4.78 is 13.0. The van der Waals surface area contributed by atoms with Crippen LogP contribution in [0.4, 0.5) is 15.8 Å². The quantitative estimate of drug-likeness (QED) is 0.707. The summed E-state index contributed by atoms with van der Waals surface area (Å²) in [6.45, 7) is 3.66. The molecule has 1 aliphatic heterocycles. The van der Waals surface area contributed by atoms with Gasteiger partial charge in [0.1, 0.15) is 11.4 Å². The molecule has 80 valence electrons. The maximum absolute atomic E-state index is 13.0. The first-order valence-electron chi connectivity index (χ1n) is 4.78. The van der Waals surface area contributed by atoms with Crippen molar-refractivity contribution in [2.75, 3.05) is 17.3 Å². The molecule has 1 heterocycles. The molecular weight excluding hydrogens is 195 g/mol. The number of likely N-dealkylation sites (N-methyl/N-ethyl adjacent to an activating group) is 1. The number of nitrogens with zero attached hydrogens (tertiary/aromatic N) is 1. The smallest absolute Gasteiger partial charge is 0.249 e. The predicted molar refractivity (Wildman–Crippen MR) is 57.5 cm³/mol. The predicted octanol–water partition coefficient (Wildman–Crippen LogP) is 1.99. The lowest BCUT2D eigenvalue weighted by Crippen LogP contribution is -2.54. The number of benzene rings is 1. The number of halogens is 1. The van der Waals surface area contributed by atoms with Gasteiger partial charge < -0.3 is 10.2 Å². The van der Waals surface area contributed by atoms with Crippen LogP contribution in [0, 0.1) is 5.82 Å². The summed E-state index contributed by atoms with van der Waals surface area (Å²) in [5.74, 6) is -0.467. The van der Waals surface area contributed by atoms with Crippen molar-refractivity contribution < 1.29 is 9.18 Å². The fraction of sp³-hybridized carbons (Fsp3) is 0.364. The average Bonchev–Trinajstić information content (AvgIpc) is 2.15. The Morgan fingerprint density at radius 3 is 2.73 bits per heavy atom. The maximum Gasteiger partial charge on any atom is 0.249 e. The molecule has 1 aliphatic rings. The average molecular weight is 208 g/mol. The number of anilines is 2. The summed E-state index contributed by atoms with van der Waals surface area (Å²) in [6, 6.07) is 4.40. The first-order chi connectivity index (χ1) is 6.93. The van der Waals surface area contributed by atoms with Crippen LogP contribution >= 0.6 is 0 Å².